The minimum absolute atomic E-state index is 0.177. The molecule has 0 fully saturated rings. The summed E-state index contributed by atoms with van der Waals surface area (Å²) in [5.74, 6) is 0.405. The number of hydrogen-bond donors (Lipinski definition) is 0. The zero-order chi connectivity index (χ0) is 30.7. The number of fused-ring (bicyclic) bond motifs is 1. The Morgan fingerprint density at radius 3 is 2.60 bits per heavy atom. The lowest BCUT2D eigenvalue weighted by Gasteiger charge is -2.24. The van der Waals surface area contributed by atoms with Crippen molar-refractivity contribution in [3.63, 3.8) is 0 Å². The van der Waals surface area contributed by atoms with E-state index >= 15 is 0 Å². The predicted molar refractivity (Wildman–Crippen MR) is 163 cm³/mol. The maximum atomic E-state index is 13.9. The van der Waals surface area contributed by atoms with Crippen LogP contribution in [-0.4, -0.2) is 36.8 Å². The number of carbonyl (C=O) groups is 2. The fourth-order valence-corrected chi connectivity index (χ4v) is 5.89. The molecule has 1 aliphatic heterocycles. The van der Waals surface area contributed by atoms with Crippen molar-refractivity contribution < 1.29 is 28.2 Å². The highest BCUT2D eigenvalue weighted by molar-refractivity contribution is 7.07. The van der Waals surface area contributed by atoms with Crippen LogP contribution >= 0.6 is 22.9 Å². The number of thiazole rings is 1. The molecular weight excluding hydrogens is 592 g/mol. The number of aromatic nitrogens is 1. The number of nitrogens with zero attached hydrogens (tertiary/aromatic N) is 2. The number of furan rings is 1. The van der Waals surface area contributed by atoms with E-state index in [1.165, 1.54) is 23.0 Å². The van der Waals surface area contributed by atoms with Gasteiger partial charge in [-0.15, -0.1) is 0 Å². The minimum Gasteiger partial charge on any atom is -0.490 e. The summed E-state index contributed by atoms with van der Waals surface area (Å²) in [5.41, 5.74) is 1.92. The maximum Gasteiger partial charge on any atom is 0.339 e. The summed E-state index contributed by atoms with van der Waals surface area (Å²) in [6.45, 7) is 7.64. The van der Waals surface area contributed by atoms with Gasteiger partial charge in [0.1, 0.15) is 23.9 Å². The number of ether oxygens (including phenoxy) is 3. The maximum absolute atomic E-state index is 13.9. The van der Waals surface area contributed by atoms with Gasteiger partial charge in [-0.2, -0.15) is 0 Å². The van der Waals surface area contributed by atoms with Gasteiger partial charge in [0.2, 0.25) is 0 Å². The summed E-state index contributed by atoms with van der Waals surface area (Å²) < 4.78 is 23.6. The van der Waals surface area contributed by atoms with Crippen molar-refractivity contribution >= 4 is 41.0 Å². The van der Waals surface area contributed by atoms with Gasteiger partial charge < -0.3 is 18.6 Å². The number of methoxy groups -OCH3 is 1. The molecule has 11 heteroatoms. The number of esters is 2. The number of carbonyl (C=O) groups excluding carboxylic acids is 2. The van der Waals surface area contributed by atoms with Crippen LogP contribution in [0.15, 0.2) is 92.7 Å². The third-order valence-electron chi connectivity index (χ3n) is 6.64. The van der Waals surface area contributed by atoms with E-state index in [0.29, 0.717) is 50.0 Å². The molecule has 0 bridgehead atoms. The van der Waals surface area contributed by atoms with E-state index in [-0.39, 0.29) is 28.3 Å². The second-order valence-corrected chi connectivity index (χ2v) is 10.8. The summed E-state index contributed by atoms with van der Waals surface area (Å²) in [6.07, 6.45) is 3.27. The van der Waals surface area contributed by atoms with E-state index < -0.39 is 18.0 Å². The first-order valence-corrected chi connectivity index (χ1v) is 14.5. The summed E-state index contributed by atoms with van der Waals surface area (Å²) in [6, 6.07) is 14.8. The van der Waals surface area contributed by atoms with Crippen molar-refractivity contribution in [2.75, 3.05) is 20.3 Å². The summed E-state index contributed by atoms with van der Waals surface area (Å²) in [5, 5.41) is 0.259. The first kappa shape index (κ1) is 29.8. The molecular formula is C32H27ClN2O7S. The molecule has 9 nitrogen and oxygen atoms in total. The van der Waals surface area contributed by atoms with Gasteiger partial charge in [-0.05, 0) is 61.9 Å². The van der Waals surface area contributed by atoms with Crippen molar-refractivity contribution in [2.45, 2.75) is 19.9 Å². The van der Waals surface area contributed by atoms with Crippen molar-refractivity contribution in [1.29, 1.82) is 0 Å². The SMILES string of the molecule is C=CCOc1ccc([C@@H]2C(C(=O)OCC)=C(C)N=c3s/c(=C\c4ccc(-c5ccc(Cl)c(C(=O)OC)c5)o4)c(=O)n32)cc1. The number of halogens is 1. The molecule has 1 atom stereocenters. The molecule has 4 aromatic rings. The molecule has 43 heavy (non-hydrogen) atoms. The van der Waals surface area contributed by atoms with Crippen molar-refractivity contribution in [3.05, 3.63) is 120 Å². The number of rotatable bonds is 9. The Hall–Kier alpha value is -4.67. The first-order valence-electron chi connectivity index (χ1n) is 13.3. The Morgan fingerprint density at radius 1 is 1.14 bits per heavy atom. The van der Waals surface area contributed by atoms with E-state index in [0.717, 1.165) is 0 Å². The van der Waals surface area contributed by atoms with Gasteiger partial charge in [-0.3, -0.25) is 9.36 Å². The Bertz CT molecular complexity index is 1930. The zero-order valence-electron chi connectivity index (χ0n) is 23.6. The third kappa shape index (κ3) is 5.97. The lowest BCUT2D eigenvalue weighted by atomic mass is 9.96. The molecule has 0 amide bonds. The molecule has 0 unspecified atom stereocenters. The van der Waals surface area contributed by atoms with Crippen LogP contribution < -0.4 is 19.6 Å². The van der Waals surface area contributed by atoms with Gasteiger partial charge in [0.05, 0.1) is 46.1 Å². The van der Waals surface area contributed by atoms with Crippen molar-refractivity contribution in [1.82, 2.24) is 4.57 Å². The quantitative estimate of drug-likeness (QED) is 0.190. The molecule has 0 aliphatic carbocycles. The predicted octanol–water partition coefficient (Wildman–Crippen LogP) is 5.06. The molecule has 0 spiro atoms. The van der Waals surface area contributed by atoms with E-state index in [2.05, 4.69) is 11.6 Å². The largest absolute Gasteiger partial charge is 0.490 e. The first-order chi connectivity index (χ1) is 20.7. The molecule has 1 aliphatic rings. The fourth-order valence-electron chi connectivity index (χ4n) is 4.67. The van der Waals surface area contributed by atoms with Gasteiger partial charge in [0, 0.05) is 11.6 Å². The van der Waals surface area contributed by atoms with Crippen LogP contribution in [0.1, 0.15) is 41.6 Å². The Kier molecular flexibility index (Phi) is 8.79. The Morgan fingerprint density at radius 2 is 1.91 bits per heavy atom. The van der Waals surface area contributed by atoms with Crippen LogP contribution in [0.4, 0.5) is 0 Å². The molecule has 3 heterocycles. The van der Waals surface area contributed by atoms with Gasteiger partial charge in [-0.25, -0.2) is 14.6 Å². The van der Waals surface area contributed by atoms with Crippen LogP contribution in [0.25, 0.3) is 17.4 Å². The van der Waals surface area contributed by atoms with E-state index in [4.69, 9.17) is 30.2 Å². The molecule has 2 aromatic carbocycles. The van der Waals surface area contributed by atoms with Crippen LogP contribution in [0, 0.1) is 0 Å². The molecule has 5 rings (SSSR count). The molecule has 220 valence electrons. The van der Waals surface area contributed by atoms with Gasteiger partial charge in [0.15, 0.2) is 4.80 Å². The van der Waals surface area contributed by atoms with Gasteiger partial charge in [0.25, 0.3) is 5.56 Å². The standard InChI is InChI=1S/C32H27ClN2O7S/c1-5-15-41-21-10-7-19(8-11-21)28-27(31(38)40-6-2)18(3)34-32-35(28)29(36)26(43-32)17-22-12-14-25(42-22)20-9-13-24(33)23(16-20)30(37)39-4/h5,7-14,16-17,28H,1,6,15H2,2-4H3/b26-17-/t28-/m1/s1. The van der Waals surface area contributed by atoms with E-state index in [1.807, 2.05) is 12.1 Å². The minimum atomic E-state index is -0.760. The van der Waals surface area contributed by atoms with Crippen molar-refractivity contribution in [2.24, 2.45) is 4.99 Å². The van der Waals surface area contributed by atoms with E-state index in [9.17, 15) is 14.4 Å². The fraction of sp³-hybridized carbons (Fsp3) is 0.188. The lowest BCUT2D eigenvalue weighted by molar-refractivity contribution is -0.139. The third-order valence-corrected chi connectivity index (χ3v) is 7.95. The lowest BCUT2D eigenvalue weighted by Crippen LogP contribution is -2.39. The van der Waals surface area contributed by atoms with Crippen LogP contribution in [0.2, 0.25) is 5.02 Å². The summed E-state index contributed by atoms with van der Waals surface area (Å²) in [4.78, 5) is 44.1. The molecule has 0 N–H and O–H groups in total. The second kappa shape index (κ2) is 12.7. The zero-order valence-corrected chi connectivity index (χ0v) is 25.2. The highest BCUT2D eigenvalue weighted by Crippen LogP contribution is 2.32. The summed E-state index contributed by atoms with van der Waals surface area (Å²) >= 11 is 7.34. The molecule has 0 saturated carbocycles. The normalized spacial score (nSPS) is 14.6. The van der Waals surface area contributed by atoms with Crippen LogP contribution in [-0.2, 0) is 14.3 Å². The smallest absolute Gasteiger partial charge is 0.339 e. The second-order valence-electron chi connectivity index (χ2n) is 9.36. The highest BCUT2D eigenvalue weighted by atomic mass is 35.5. The van der Waals surface area contributed by atoms with Crippen molar-refractivity contribution in [3.8, 4) is 17.1 Å². The molecule has 0 saturated heterocycles. The van der Waals surface area contributed by atoms with Gasteiger partial charge in [-0.1, -0.05) is 47.7 Å². The number of allylic oxidation sites excluding steroid dienone is 1. The van der Waals surface area contributed by atoms with E-state index in [1.54, 1.807) is 68.5 Å². The highest BCUT2D eigenvalue weighted by Gasteiger charge is 2.33. The Labute approximate surface area is 255 Å². The van der Waals surface area contributed by atoms with Crippen LogP contribution in [0.3, 0.4) is 0 Å². The average Bonchev–Trinajstić information content (AvgIpc) is 3.59. The Balaban J connectivity index is 1.58. The topological polar surface area (TPSA) is 109 Å². The summed E-state index contributed by atoms with van der Waals surface area (Å²) in [7, 11) is 1.28. The monoisotopic (exact) mass is 618 g/mol. The molecule has 2 aromatic heterocycles. The van der Waals surface area contributed by atoms with Gasteiger partial charge >= 0.3 is 11.9 Å². The average molecular weight is 619 g/mol. The number of hydrogen-bond acceptors (Lipinski definition) is 9. The molecule has 0 radical (unpaired) electrons. The number of benzene rings is 2. The van der Waals surface area contributed by atoms with Crippen LogP contribution in [0.5, 0.6) is 5.75 Å².